The number of amides is 1. The van der Waals surface area contributed by atoms with Gasteiger partial charge in [0.2, 0.25) is 0 Å². The number of carbonyl (C=O) groups excluding carboxylic acids is 1. The minimum atomic E-state index is -0.444. The first-order valence-corrected chi connectivity index (χ1v) is 12.6. The van der Waals surface area contributed by atoms with Crippen molar-refractivity contribution >= 4 is 23.1 Å². The Morgan fingerprint density at radius 3 is 2.54 bits per heavy atom. The number of ether oxygens (including phenoxy) is 2. The van der Waals surface area contributed by atoms with Gasteiger partial charge in [0.15, 0.2) is 5.76 Å². The molecule has 0 aliphatic rings. The van der Waals surface area contributed by atoms with Crippen LogP contribution in [0.15, 0.2) is 88.4 Å². The average molecular weight is 526 g/mol. The van der Waals surface area contributed by atoms with Gasteiger partial charge in [0, 0.05) is 33.6 Å². The summed E-state index contributed by atoms with van der Waals surface area (Å²) >= 11 is 0. The molecule has 0 saturated heterocycles. The predicted molar refractivity (Wildman–Crippen MR) is 148 cm³/mol. The van der Waals surface area contributed by atoms with Crippen LogP contribution in [0.4, 0.5) is 4.39 Å². The molecule has 0 atom stereocenters. The van der Waals surface area contributed by atoms with Crippen molar-refractivity contribution in [1.29, 1.82) is 0 Å². The second-order valence-electron chi connectivity index (χ2n) is 8.98. The van der Waals surface area contributed by atoms with Crippen LogP contribution in [-0.4, -0.2) is 23.3 Å². The van der Waals surface area contributed by atoms with E-state index in [-0.39, 0.29) is 18.2 Å². The fourth-order valence-corrected chi connectivity index (χ4v) is 4.39. The number of halogens is 1. The highest BCUT2D eigenvalue weighted by molar-refractivity contribution is 5.97. The molecule has 2 aromatic heterocycles. The lowest BCUT2D eigenvalue weighted by Gasteiger charge is -2.12. The van der Waals surface area contributed by atoms with Gasteiger partial charge in [-0.25, -0.2) is 9.82 Å². The van der Waals surface area contributed by atoms with Crippen LogP contribution >= 0.6 is 0 Å². The first kappa shape index (κ1) is 25.8. The van der Waals surface area contributed by atoms with Gasteiger partial charge in [0.1, 0.15) is 29.5 Å². The van der Waals surface area contributed by atoms with Crippen LogP contribution in [-0.2, 0) is 6.61 Å². The number of rotatable bonds is 9. The minimum Gasteiger partial charge on any atom is -0.494 e. The monoisotopic (exact) mass is 525 g/mol. The summed E-state index contributed by atoms with van der Waals surface area (Å²) in [6.45, 7) is 6.60. The van der Waals surface area contributed by atoms with Gasteiger partial charge < -0.3 is 18.5 Å². The lowest BCUT2D eigenvalue weighted by molar-refractivity contribution is 0.0929. The van der Waals surface area contributed by atoms with Crippen LogP contribution in [0.3, 0.4) is 0 Å². The van der Waals surface area contributed by atoms with Gasteiger partial charge in [-0.2, -0.15) is 5.10 Å². The number of aromatic nitrogens is 1. The van der Waals surface area contributed by atoms with Crippen molar-refractivity contribution in [2.75, 3.05) is 6.61 Å². The van der Waals surface area contributed by atoms with E-state index in [9.17, 15) is 9.18 Å². The van der Waals surface area contributed by atoms with Crippen LogP contribution in [0.25, 0.3) is 16.7 Å². The largest absolute Gasteiger partial charge is 0.494 e. The fourth-order valence-electron chi connectivity index (χ4n) is 4.39. The number of nitrogens with zero attached hydrogens (tertiary/aromatic N) is 2. The molecule has 0 aliphatic heterocycles. The number of hydrazone groups is 1. The molecule has 5 aromatic rings. The third-order valence-corrected chi connectivity index (χ3v) is 6.31. The topological polar surface area (TPSA) is 78.0 Å². The molecule has 1 amide bonds. The highest BCUT2D eigenvalue weighted by Crippen LogP contribution is 2.25. The maximum atomic E-state index is 13.8. The van der Waals surface area contributed by atoms with Crippen molar-refractivity contribution in [2.45, 2.75) is 27.4 Å². The van der Waals surface area contributed by atoms with Crippen LogP contribution in [0.2, 0.25) is 0 Å². The zero-order chi connectivity index (χ0) is 27.4. The zero-order valence-electron chi connectivity index (χ0n) is 21.9. The highest BCUT2D eigenvalue weighted by atomic mass is 19.1. The number of nitrogens with one attached hydrogen (secondary N) is 1. The molecule has 2 heterocycles. The molecule has 3 aromatic carbocycles. The number of hydrogen-bond donors (Lipinski definition) is 1. The summed E-state index contributed by atoms with van der Waals surface area (Å²) in [5, 5.41) is 4.93. The number of aryl methyl sites for hydroxylation is 1. The van der Waals surface area contributed by atoms with Crippen molar-refractivity contribution < 1.29 is 23.1 Å². The number of fused-ring (bicyclic) bond motifs is 1. The third-order valence-electron chi connectivity index (χ3n) is 6.31. The van der Waals surface area contributed by atoms with E-state index in [0.29, 0.717) is 23.5 Å². The SMILES string of the molecule is CCOc1ccc2oc(C(=O)N/N=C/c3cc(C)n(-c4ccc(OCc5ccccc5F)cc4)c3C)cc2c1. The summed E-state index contributed by atoms with van der Waals surface area (Å²) in [7, 11) is 0. The normalized spacial score (nSPS) is 11.3. The number of carbonyl (C=O) groups is 1. The van der Waals surface area contributed by atoms with E-state index in [0.717, 1.165) is 33.8 Å². The first-order valence-electron chi connectivity index (χ1n) is 12.6. The van der Waals surface area contributed by atoms with Crippen molar-refractivity contribution in [3.05, 3.63) is 113 Å². The lowest BCUT2D eigenvalue weighted by Crippen LogP contribution is -2.16. The second-order valence-corrected chi connectivity index (χ2v) is 8.98. The third kappa shape index (κ3) is 5.70. The van der Waals surface area contributed by atoms with E-state index in [1.54, 1.807) is 42.6 Å². The molecule has 0 radical (unpaired) electrons. The van der Waals surface area contributed by atoms with E-state index in [2.05, 4.69) is 15.1 Å². The maximum absolute atomic E-state index is 13.8. The van der Waals surface area contributed by atoms with Crippen LogP contribution in [0.5, 0.6) is 11.5 Å². The van der Waals surface area contributed by atoms with E-state index < -0.39 is 5.91 Å². The molecule has 198 valence electrons. The minimum absolute atomic E-state index is 0.155. The molecule has 1 N–H and O–H groups in total. The standard InChI is InChI=1S/C31H28FN3O4/c1-4-37-27-13-14-29-23(16-27)17-30(39-29)31(36)34-33-18-24-15-20(2)35(21(24)3)25-9-11-26(12-10-25)38-19-22-7-5-6-8-28(22)32/h5-18H,4,19H2,1-3H3,(H,34,36)/b33-18+. The van der Waals surface area contributed by atoms with Gasteiger partial charge in [-0.15, -0.1) is 0 Å². The maximum Gasteiger partial charge on any atom is 0.307 e. The summed E-state index contributed by atoms with van der Waals surface area (Å²) in [6.07, 6.45) is 1.61. The fraction of sp³-hybridized carbons (Fsp3) is 0.161. The van der Waals surface area contributed by atoms with Crippen molar-refractivity contribution in [1.82, 2.24) is 9.99 Å². The number of hydrogen-bond acceptors (Lipinski definition) is 5. The Hall–Kier alpha value is -4.85. The molecule has 0 bridgehead atoms. The summed E-state index contributed by atoms with van der Waals surface area (Å²) in [6, 6.07) is 23.2. The van der Waals surface area contributed by atoms with Gasteiger partial charge in [0.05, 0.1) is 12.8 Å². The quantitative estimate of drug-likeness (QED) is 0.171. The number of furan rings is 1. The number of benzene rings is 3. The van der Waals surface area contributed by atoms with Crippen molar-refractivity contribution in [2.24, 2.45) is 5.10 Å². The highest BCUT2D eigenvalue weighted by Gasteiger charge is 2.13. The molecule has 0 aliphatic carbocycles. The van der Waals surface area contributed by atoms with Crippen LogP contribution in [0, 0.1) is 19.7 Å². The Bertz CT molecular complexity index is 1650. The molecule has 0 fully saturated rings. The summed E-state index contributed by atoms with van der Waals surface area (Å²) in [5.41, 5.74) is 7.40. The van der Waals surface area contributed by atoms with Crippen LogP contribution < -0.4 is 14.9 Å². The Kier molecular flexibility index (Phi) is 7.45. The molecule has 0 unspecified atom stereocenters. The summed E-state index contributed by atoms with van der Waals surface area (Å²) in [5.74, 6) is 0.801. The van der Waals surface area contributed by atoms with E-state index in [1.165, 1.54) is 6.07 Å². The predicted octanol–water partition coefficient (Wildman–Crippen LogP) is 6.72. The molecule has 8 heteroatoms. The summed E-state index contributed by atoms with van der Waals surface area (Å²) < 4.78 is 32.8. The second kappa shape index (κ2) is 11.3. The van der Waals surface area contributed by atoms with Gasteiger partial charge in [-0.1, -0.05) is 18.2 Å². The summed E-state index contributed by atoms with van der Waals surface area (Å²) in [4.78, 5) is 12.6. The van der Waals surface area contributed by atoms with Crippen molar-refractivity contribution in [3.8, 4) is 17.2 Å². The Morgan fingerprint density at radius 1 is 1.00 bits per heavy atom. The van der Waals surface area contributed by atoms with Gasteiger partial charge in [-0.3, -0.25) is 4.79 Å². The molecule has 0 saturated carbocycles. The Labute approximate surface area is 225 Å². The Morgan fingerprint density at radius 2 is 1.77 bits per heavy atom. The van der Waals surface area contributed by atoms with Crippen LogP contribution in [0.1, 0.15) is 40.0 Å². The van der Waals surface area contributed by atoms with Gasteiger partial charge >= 0.3 is 5.91 Å². The van der Waals surface area contributed by atoms with Gasteiger partial charge in [0.25, 0.3) is 0 Å². The smallest absolute Gasteiger partial charge is 0.307 e. The Balaban J connectivity index is 1.24. The molecule has 39 heavy (non-hydrogen) atoms. The van der Waals surface area contributed by atoms with E-state index in [4.69, 9.17) is 13.9 Å². The average Bonchev–Trinajstić information content (AvgIpc) is 3.48. The zero-order valence-corrected chi connectivity index (χ0v) is 21.9. The first-order chi connectivity index (χ1) is 18.9. The van der Waals surface area contributed by atoms with E-state index in [1.807, 2.05) is 57.2 Å². The molecule has 5 rings (SSSR count). The molecular formula is C31H28FN3O4. The molecule has 0 spiro atoms. The lowest BCUT2D eigenvalue weighted by atomic mass is 10.2. The molecule has 7 nitrogen and oxygen atoms in total. The molecular weight excluding hydrogens is 497 g/mol. The van der Waals surface area contributed by atoms with Gasteiger partial charge in [-0.05, 0) is 81.4 Å². The van der Waals surface area contributed by atoms with E-state index >= 15 is 0 Å². The van der Waals surface area contributed by atoms with Crippen molar-refractivity contribution in [3.63, 3.8) is 0 Å².